The van der Waals surface area contributed by atoms with Crippen LogP contribution in [0.2, 0.25) is 5.28 Å². The number of fused-ring (bicyclic) bond motifs is 1. The van der Waals surface area contributed by atoms with Gasteiger partial charge in [-0.1, -0.05) is 12.1 Å². The summed E-state index contributed by atoms with van der Waals surface area (Å²) in [6.07, 6.45) is 0. The molecule has 0 saturated carbocycles. The summed E-state index contributed by atoms with van der Waals surface area (Å²) in [5.74, 6) is 0.517. The van der Waals surface area contributed by atoms with Crippen molar-refractivity contribution < 1.29 is 0 Å². The van der Waals surface area contributed by atoms with Gasteiger partial charge in [0.25, 0.3) is 0 Å². The van der Waals surface area contributed by atoms with Gasteiger partial charge < -0.3 is 9.88 Å². The Hall–Kier alpha value is -1.86. The molecule has 0 bridgehead atoms. The summed E-state index contributed by atoms with van der Waals surface area (Å²) >= 11 is 7.23. The van der Waals surface area contributed by atoms with Crippen molar-refractivity contribution in [2.45, 2.75) is 10.3 Å². The SMILES string of the molecule is CN(C)c1nc(Cl)nc(Sc2nc3ccccc3[nH]2)n1. The van der Waals surface area contributed by atoms with E-state index in [2.05, 4.69) is 24.9 Å². The van der Waals surface area contributed by atoms with Crippen LogP contribution < -0.4 is 4.90 Å². The molecular formula is C12H11ClN6S. The molecule has 0 spiro atoms. The highest BCUT2D eigenvalue weighted by atomic mass is 35.5. The fraction of sp³-hybridized carbons (Fsp3) is 0.167. The molecule has 0 aliphatic carbocycles. The van der Waals surface area contributed by atoms with Crippen LogP contribution in [0.25, 0.3) is 11.0 Å². The van der Waals surface area contributed by atoms with Crippen molar-refractivity contribution in [3.63, 3.8) is 0 Å². The standard InChI is InChI=1S/C12H11ClN6S/c1-19(2)10-16-9(13)17-12(18-10)20-11-14-7-5-3-4-6-8(7)15-11/h3-6H,1-2H3,(H,14,15). The molecule has 0 amide bonds. The van der Waals surface area contributed by atoms with Crippen LogP contribution in [0.5, 0.6) is 0 Å². The van der Waals surface area contributed by atoms with Crippen molar-refractivity contribution in [3.8, 4) is 0 Å². The molecular weight excluding hydrogens is 296 g/mol. The second kappa shape index (κ2) is 5.26. The van der Waals surface area contributed by atoms with Gasteiger partial charge in [-0.05, 0) is 35.5 Å². The second-order valence-electron chi connectivity index (χ2n) is 4.24. The second-order valence-corrected chi connectivity index (χ2v) is 5.54. The van der Waals surface area contributed by atoms with Crippen LogP contribution >= 0.6 is 23.4 Å². The monoisotopic (exact) mass is 306 g/mol. The first-order chi connectivity index (χ1) is 9.61. The molecule has 0 saturated heterocycles. The number of nitrogens with zero attached hydrogens (tertiary/aromatic N) is 5. The lowest BCUT2D eigenvalue weighted by Gasteiger charge is -2.10. The van der Waals surface area contributed by atoms with Crippen LogP contribution in [-0.4, -0.2) is 39.0 Å². The fourth-order valence-corrected chi connectivity index (χ4v) is 2.57. The van der Waals surface area contributed by atoms with Crippen molar-refractivity contribution in [1.82, 2.24) is 24.9 Å². The normalized spacial score (nSPS) is 10.9. The molecule has 2 aromatic heterocycles. The van der Waals surface area contributed by atoms with Crippen molar-refractivity contribution in [3.05, 3.63) is 29.5 Å². The molecule has 1 N–H and O–H groups in total. The van der Waals surface area contributed by atoms with Crippen molar-refractivity contribution >= 4 is 40.3 Å². The Morgan fingerprint density at radius 3 is 2.65 bits per heavy atom. The zero-order valence-corrected chi connectivity index (χ0v) is 12.4. The van der Waals surface area contributed by atoms with Gasteiger partial charge in [-0.2, -0.15) is 15.0 Å². The number of aromatic amines is 1. The van der Waals surface area contributed by atoms with Gasteiger partial charge in [-0.25, -0.2) is 4.98 Å². The largest absolute Gasteiger partial charge is 0.347 e. The quantitative estimate of drug-likeness (QED) is 0.802. The van der Waals surface area contributed by atoms with Crippen LogP contribution in [0, 0.1) is 0 Å². The molecule has 2 heterocycles. The number of hydrogen-bond donors (Lipinski definition) is 1. The van der Waals surface area contributed by atoms with Gasteiger partial charge in [0.2, 0.25) is 16.4 Å². The summed E-state index contributed by atoms with van der Waals surface area (Å²) < 4.78 is 0. The van der Waals surface area contributed by atoms with E-state index in [9.17, 15) is 0 Å². The summed E-state index contributed by atoms with van der Waals surface area (Å²) in [6, 6.07) is 7.82. The first kappa shape index (κ1) is 13.1. The van der Waals surface area contributed by atoms with Gasteiger partial charge in [0, 0.05) is 14.1 Å². The van der Waals surface area contributed by atoms with E-state index < -0.39 is 0 Å². The Bertz CT molecular complexity index is 724. The first-order valence-corrected chi connectivity index (χ1v) is 7.03. The van der Waals surface area contributed by atoms with E-state index in [0.717, 1.165) is 16.2 Å². The van der Waals surface area contributed by atoms with Crippen LogP contribution in [0.3, 0.4) is 0 Å². The molecule has 8 heteroatoms. The Kier molecular flexibility index (Phi) is 3.45. The van der Waals surface area contributed by atoms with E-state index in [4.69, 9.17) is 11.6 Å². The Morgan fingerprint density at radius 2 is 1.90 bits per heavy atom. The number of rotatable bonds is 3. The zero-order chi connectivity index (χ0) is 14.1. The predicted octanol–water partition coefficient (Wildman–Crippen LogP) is 2.62. The number of nitrogens with one attached hydrogen (secondary N) is 1. The molecule has 0 unspecified atom stereocenters. The lowest BCUT2D eigenvalue weighted by atomic mass is 10.3. The summed E-state index contributed by atoms with van der Waals surface area (Å²) in [4.78, 5) is 21.9. The van der Waals surface area contributed by atoms with Crippen LogP contribution in [-0.2, 0) is 0 Å². The van der Waals surface area contributed by atoms with Crippen LogP contribution in [0.15, 0.2) is 34.6 Å². The van der Waals surface area contributed by atoms with E-state index in [0.29, 0.717) is 11.1 Å². The summed E-state index contributed by atoms with van der Waals surface area (Å²) in [6.45, 7) is 0. The molecule has 0 atom stereocenters. The topological polar surface area (TPSA) is 70.6 Å². The molecule has 20 heavy (non-hydrogen) atoms. The third-order valence-electron chi connectivity index (χ3n) is 2.53. The highest BCUT2D eigenvalue weighted by Gasteiger charge is 2.10. The lowest BCUT2D eigenvalue weighted by molar-refractivity contribution is 0.862. The van der Waals surface area contributed by atoms with E-state index in [-0.39, 0.29) is 5.28 Å². The average Bonchev–Trinajstić information content (AvgIpc) is 2.79. The maximum Gasteiger partial charge on any atom is 0.230 e. The number of para-hydroxylation sites is 2. The van der Waals surface area contributed by atoms with E-state index in [1.807, 2.05) is 38.4 Å². The van der Waals surface area contributed by atoms with Crippen molar-refractivity contribution in [2.24, 2.45) is 0 Å². The van der Waals surface area contributed by atoms with Gasteiger partial charge in [-0.15, -0.1) is 0 Å². The minimum atomic E-state index is 0.169. The zero-order valence-electron chi connectivity index (χ0n) is 10.8. The first-order valence-electron chi connectivity index (χ1n) is 5.83. The van der Waals surface area contributed by atoms with Gasteiger partial charge in [0.1, 0.15) is 0 Å². The van der Waals surface area contributed by atoms with Crippen LogP contribution in [0.4, 0.5) is 5.95 Å². The molecule has 3 rings (SSSR count). The highest BCUT2D eigenvalue weighted by Crippen LogP contribution is 2.26. The minimum absolute atomic E-state index is 0.169. The predicted molar refractivity (Wildman–Crippen MR) is 79.4 cm³/mol. The number of hydrogen-bond acceptors (Lipinski definition) is 6. The van der Waals surface area contributed by atoms with Crippen molar-refractivity contribution in [2.75, 3.05) is 19.0 Å². The smallest absolute Gasteiger partial charge is 0.230 e. The molecule has 3 aromatic rings. The third-order valence-corrected chi connectivity index (χ3v) is 3.45. The molecule has 102 valence electrons. The number of anilines is 1. The maximum atomic E-state index is 5.91. The van der Waals surface area contributed by atoms with Gasteiger partial charge in [0.05, 0.1) is 11.0 Å². The minimum Gasteiger partial charge on any atom is -0.347 e. The van der Waals surface area contributed by atoms with E-state index in [1.165, 1.54) is 11.8 Å². The summed E-state index contributed by atoms with van der Waals surface area (Å²) in [5.41, 5.74) is 1.88. The molecule has 6 nitrogen and oxygen atoms in total. The Labute approximate surface area is 124 Å². The molecule has 0 fully saturated rings. The number of halogens is 1. The molecule has 0 aliphatic heterocycles. The fourth-order valence-electron chi connectivity index (χ4n) is 1.63. The molecule has 0 radical (unpaired) electrons. The van der Waals surface area contributed by atoms with Crippen molar-refractivity contribution in [1.29, 1.82) is 0 Å². The average molecular weight is 307 g/mol. The Balaban J connectivity index is 1.94. The summed E-state index contributed by atoms with van der Waals surface area (Å²) in [5, 5.41) is 1.40. The lowest BCUT2D eigenvalue weighted by Crippen LogP contribution is -2.13. The van der Waals surface area contributed by atoms with Gasteiger partial charge >= 0.3 is 0 Å². The van der Waals surface area contributed by atoms with Gasteiger partial charge in [0.15, 0.2) is 5.16 Å². The third kappa shape index (κ3) is 2.68. The van der Waals surface area contributed by atoms with Gasteiger partial charge in [-0.3, -0.25) is 0 Å². The maximum absolute atomic E-state index is 5.91. The Morgan fingerprint density at radius 1 is 1.10 bits per heavy atom. The number of H-pyrrole nitrogens is 1. The highest BCUT2D eigenvalue weighted by molar-refractivity contribution is 7.99. The number of imidazole rings is 1. The summed E-state index contributed by atoms with van der Waals surface area (Å²) in [7, 11) is 3.70. The number of aromatic nitrogens is 5. The van der Waals surface area contributed by atoms with E-state index >= 15 is 0 Å². The number of benzene rings is 1. The molecule has 0 aliphatic rings. The molecule has 1 aromatic carbocycles. The van der Waals surface area contributed by atoms with Crippen LogP contribution in [0.1, 0.15) is 0 Å². The van der Waals surface area contributed by atoms with E-state index in [1.54, 1.807) is 4.90 Å².